The summed E-state index contributed by atoms with van der Waals surface area (Å²) in [7, 11) is 0. The number of hydrogen-bond donors (Lipinski definition) is 1. The maximum absolute atomic E-state index is 12.1. The molecule has 1 N–H and O–H groups in total. The summed E-state index contributed by atoms with van der Waals surface area (Å²) in [4.78, 5) is 29.5. The molecule has 1 amide bonds. The Balaban J connectivity index is 1.52. The number of thioether (sulfide) groups is 1. The van der Waals surface area contributed by atoms with E-state index in [4.69, 9.17) is 0 Å². The van der Waals surface area contributed by atoms with Crippen LogP contribution in [0.1, 0.15) is 44.0 Å². The van der Waals surface area contributed by atoms with E-state index < -0.39 is 0 Å². The first-order chi connectivity index (χ1) is 11.5. The van der Waals surface area contributed by atoms with Gasteiger partial charge in [-0.15, -0.1) is 23.1 Å². The molecule has 1 saturated carbocycles. The number of carbonyl (C=O) groups is 1. The number of hydrogen-bond acceptors (Lipinski definition) is 5. The van der Waals surface area contributed by atoms with Gasteiger partial charge in [-0.3, -0.25) is 14.0 Å². The second-order valence-electron chi connectivity index (χ2n) is 6.51. The quantitative estimate of drug-likeness (QED) is 0.885. The molecule has 0 spiro atoms. The molecule has 5 nitrogen and oxygen atoms in total. The van der Waals surface area contributed by atoms with Gasteiger partial charge in [0.2, 0.25) is 5.91 Å². The molecule has 2 aromatic heterocycles. The fraction of sp³-hybridized carbons (Fsp3) is 0.588. The van der Waals surface area contributed by atoms with Crippen molar-refractivity contribution in [3.8, 4) is 0 Å². The van der Waals surface area contributed by atoms with Crippen LogP contribution < -0.4 is 10.9 Å². The van der Waals surface area contributed by atoms with Crippen molar-refractivity contribution in [1.82, 2.24) is 14.7 Å². The Hall–Kier alpha value is -1.34. The number of nitrogens with zero attached hydrogens (tertiary/aromatic N) is 2. The van der Waals surface area contributed by atoms with Crippen LogP contribution in [0.25, 0.3) is 4.96 Å². The van der Waals surface area contributed by atoms with Crippen LogP contribution in [0.15, 0.2) is 16.2 Å². The highest BCUT2D eigenvalue weighted by atomic mass is 32.2. The third-order valence-electron chi connectivity index (χ3n) is 4.57. The molecule has 0 radical (unpaired) electrons. The van der Waals surface area contributed by atoms with Crippen LogP contribution in [-0.2, 0) is 10.5 Å². The van der Waals surface area contributed by atoms with Crippen LogP contribution in [0.4, 0.5) is 0 Å². The maximum Gasteiger partial charge on any atom is 0.258 e. The van der Waals surface area contributed by atoms with E-state index in [9.17, 15) is 9.59 Å². The van der Waals surface area contributed by atoms with Crippen LogP contribution >= 0.6 is 23.1 Å². The molecule has 0 aromatic carbocycles. The predicted octanol–water partition coefficient (Wildman–Crippen LogP) is 2.99. The predicted molar refractivity (Wildman–Crippen MR) is 99.8 cm³/mol. The van der Waals surface area contributed by atoms with Gasteiger partial charge in [0.1, 0.15) is 0 Å². The van der Waals surface area contributed by atoms with Gasteiger partial charge in [-0.05, 0) is 25.7 Å². The Bertz CT molecular complexity index is 784. The van der Waals surface area contributed by atoms with Crippen LogP contribution in [0, 0.1) is 12.8 Å². The smallest absolute Gasteiger partial charge is 0.258 e. The van der Waals surface area contributed by atoms with Gasteiger partial charge in [0, 0.05) is 28.9 Å². The summed E-state index contributed by atoms with van der Waals surface area (Å²) in [6.07, 6.45) is 4.77. The maximum atomic E-state index is 12.1. The van der Waals surface area contributed by atoms with Crippen molar-refractivity contribution >= 4 is 34.0 Å². The molecule has 2 unspecified atom stereocenters. The zero-order valence-corrected chi connectivity index (χ0v) is 15.7. The molecule has 1 aliphatic rings. The minimum atomic E-state index is -0.0465. The lowest BCUT2D eigenvalue weighted by Crippen LogP contribution is -2.41. The molecule has 2 heterocycles. The largest absolute Gasteiger partial charge is 0.352 e. The number of amides is 1. The molecular formula is C17H23N3O2S2. The standard InChI is InChI=1S/C17H23N3O2S2/c1-11-5-3-4-6-14(11)19-15(21)10-23-9-13-7-16(22)20-12(2)8-24-17(20)18-13/h7-8,11,14H,3-6,9-10H2,1-2H3,(H,19,21). The van der Waals surface area contributed by atoms with Crippen molar-refractivity contribution in [2.24, 2.45) is 5.92 Å². The number of nitrogens with one attached hydrogen (secondary N) is 1. The van der Waals surface area contributed by atoms with Crippen LogP contribution in [0.2, 0.25) is 0 Å². The molecule has 3 rings (SSSR count). The number of thiazole rings is 1. The normalized spacial score (nSPS) is 21.1. The summed E-state index contributed by atoms with van der Waals surface area (Å²) in [5, 5.41) is 5.09. The first-order valence-corrected chi connectivity index (χ1v) is 10.4. The van der Waals surface area contributed by atoms with E-state index >= 15 is 0 Å². The van der Waals surface area contributed by atoms with E-state index in [0.717, 1.165) is 22.8 Å². The molecule has 2 atom stereocenters. The number of aryl methyl sites for hydroxylation is 1. The number of rotatable bonds is 5. The Labute approximate surface area is 149 Å². The first-order valence-electron chi connectivity index (χ1n) is 8.38. The lowest BCUT2D eigenvalue weighted by Gasteiger charge is -2.29. The van der Waals surface area contributed by atoms with Gasteiger partial charge in [-0.2, -0.15) is 0 Å². The van der Waals surface area contributed by atoms with Gasteiger partial charge in [-0.1, -0.05) is 19.8 Å². The monoisotopic (exact) mass is 365 g/mol. The van der Waals surface area contributed by atoms with E-state index in [1.54, 1.807) is 10.5 Å². The van der Waals surface area contributed by atoms with Crippen molar-refractivity contribution in [3.05, 3.63) is 33.2 Å². The van der Waals surface area contributed by atoms with E-state index in [-0.39, 0.29) is 11.5 Å². The third kappa shape index (κ3) is 4.00. The van der Waals surface area contributed by atoms with Crippen molar-refractivity contribution in [2.75, 3.05) is 5.75 Å². The SMILES string of the molecule is Cc1csc2nc(CSCC(=O)NC3CCCCC3C)cc(=O)n12. The Morgan fingerprint density at radius 1 is 1.46 bits per heavy atom. The molecule has 0 aliphatic heterocycles. The summed E-state index contributed by atoms with van der Waals surface area (Å²) >= 11 is 2.98. The molecule has 24 heavy (non-hydrogen) atoms. The van der Waals surface area contributed by atoms with Crippen LogP contribution in [-0.4, -0.2) is 27.1 Å². The molecule has 0 bridgehead atoms. The highest BCUT2D eigenvalue weighted by molar-refractivity contribution is 7.99. The third-order valence-corrected chi connectivity index (χ3v) is 6.48. The lowest BCUT2D eigenvalue weighted by atomic mass is 9.86. The summed E-state index contributed by atoms with van der Waals surface area (Å²) in [5.41, 5.74) is 1.60. The highest BCUT2D eigenvalue weighted by Crippen LogP contribution is 2.24. The molecule has 7 heteroatoms. The molecule has 1 aliphatic carbocycles. The number of carbonyl (C=O) groups excluding carboxylic acids is 1. The molecule has 0 saturated heterocycles. The van der Waals surface area contributed by atoms with E-state index in [0.29, 0.717) is 23.5 Å². The van der Waals surface area contributed by atoms with Gasteiger partial charge >= 0.3 is 0 Å². The molecule has 2 aromatic rings. The summed E-state index contributed by atoms with van der Waals surface area (Å²) in [6, 6.07) is 1.89. The van der Waals surface area contributed by atoms with Gasteiger partial charge < -0.3 is 5.32 Å². The van der Waals surface area contributed by atoms with Gasteiger partial charge in [0.25, 0.3) is 5.56 Å². The lowest BCUT2D eigenvalue weighted by molar-refractivity contribution is -0.119. The van der Waals surface area contributed by atoms with Crippen LogP contribution in [0.3, 0.4) is 0 Å². The minimum Gasteiger partial charge on any atom is -0.352 e. The van der Waals surface area contributed by atoms with Gasteiger partial charge in [-0.25, -0.2) is 4.98 Å². The Morgan fingerprint density at radius 2 is 2.25 bits per heavy atom. The van der Waals surface area contributed by atoms with Crippen LogP contribution in [0.5, 0.6) is 0 Å². The Morgan fingerprint density at radius 3 is 3.04 bits per heavy atom. The summed E-state index contributed by atoms with van der Waals surface area (Å²) < 4.78 is 1.62. The average Bonchev–Trinajstić information content (AvgIpc) is 2.91. The molecular weight excluding hydrogens is 342 g/mol. The van der Waals surface area contributed by atoms with Crippen molar-refractivity contribution < 1.29 is 4.79 Å². The van der Waals surface area contributed by atoms with Crippen molar-refractivity contribution in [3.63, 3.8) is 0 Å². The fourth-order valence-electron chi connectivity index (χ4n) is 3.20. The van der Waals surface area contributed by atoms with E-state index in [1.807, 2.05) is 12.3 Å². The zero-order valence-electron chi connectivity index (χ0n) is 14.1. The average molecular weight is 366 g/mol. The minimum absolute atomic E-state index is 0.0465. The summed E-state index contributed by atoms with van der Waals surface area (Å²) in [6.45, 7) is 4.12. The van der Waals surface area contributed by atoms with Crippen molar-refractivity contribution in [1.29, 1.82) is 0 Å². The second-order valence-corrected chi connectivity index (χ2v) is 8.33. The number of fused-ring (bicyclic) bond motifs is 1. The molecule has 130 valence electrons. The zero-order chi connectivity index (χ0) is 17.1. The molecule has 1 fully saturated rings. The topological polar surface area (TPSA) is 63.5 Å². The summed E-state index contributed by atoms with van der Waals surface area (Å²) in [5.74, 6) is 1.65. The first kappa shape index (κ1) is 17.5. The van der Waals surface area contributed by atoms with Gasteiger partial charge in [0.05, 0.1) is 11.4 Å². The van der Waals surface area contributed by atoms with Crippen molar-refractivity contribution in [2.45, 2.75) is 51.3 Å². The van der Waals surface area contributed by atoms with E-state index in [1.165, 1.54) is 42.4 Å². The van der Waals surface area contributed by atoms with E-state index in [2.05, 4.69) is 17.2 Å². The Kier molecular flexibility index (Phi) is 5.61. The highest BCUT2D eigenvalue weighted by Gasteiger charge is 2.22. The second kappa shape index (κ2) is 7.70. The number of aromatic nitrogens is 2. The van der Waals surface area contributed by atoms with Gasteiger partial charge in [0.15, 0.2) is 4.96 Å². The fourth-order valence-corrected chi connectivity index (χ4v) is 4.82.